The molecule has 0 bridgehead atoms. The zero-order valence-electron chi connectivity index (χ0n) is 15.0. The third kappa shape index (κ3) is 2.72. The highest BCUT2D eigenvalue weighted by molar-refractivity contribution is 5.79. The largest absolute Gasteiger partial charge is 0.381 e. The average molecular weight is 356 g/mol. The van der Waals surface area contributed by atoms with Crippen LogP contribution in [0.1, 0.15) is 37.4 Å². The van der Waals surface area contributed by atoms with E-state index < -0.39 is 0 Å². The number of fused-ring (bicyclic) bond motifs is 1. The Morgan fingerprint density at radius 1 is 1.15 bits per heavy atom. The summed E-state index contributed by atoms with van der Waals surface area (Å²) in [7, 11) is 1.93. The fourth-order valence-electron chi connectivity index (χ4n) is 3.86. The fraction of sp³-hybridized carbons (Fsp3) is 0.667. The predicted molar refractivity (Wildman–Crippen MR) is 95.1 cm³/mol. The molecule has 3 fully saturated rings. The maximum Gasteiger partial charge on any atom is 0.225 e. The Morgan fingerprint density at radius 3 is 2.65 bits per heavy atom. The second-order valence-electron chi connectivity index (χ2n) is 7.69. The van der Waals surface area contributed by atoms with E-state index in [1.165, 1.54) is 12.8 Å². The second-order valence-corrected chi connectivity index (χ2v) is 7.69. The Labute approximate surface area is 152 Å². The molecule has 3 aliphatic rings. The molecule has 0 aromatic carbocycles. The maximum absolute atomic E-state index is 12.7. The SMILES string of the molecule is CN(C(=O)C1CCOCC1)C1CN(c2ccc3nnc(C4CC4)n3n2)C1. The molecule has 138 valence electrons. The Balaban J connectivity index is 1.25. The van der Waals surface area contributed by atoms with Crippen molar-refractivity contribution in [2.24, 2.45) is 5.92 Å². The van der Waals surface area contributed by atoms with Crippen molar-refractivity contribution < 1.29 is 9.53 Å². The number of rotatable bonds is 4. The molecule has 8 heteroatoms. The molecule has 2 aromatic rings. The lowest BCUT2D eigenvalue weighted by Crippen LogP contribution is -2.61. The first-order valence-electron chi connectivity index (χ1n) is 9.52. The van der Waals surface area contributed by atoms with Crippen LogP contribution in [0.2, 0.25) is 0 Å². The summed E-state index contributed by atoms with van der Waals surface area (Å²) in [6.07, 6.45) is 4.04. The van der Waals surface area contributed by atoms with E-state index in [0.29, 0.717) is 19.1 Å². The topological polar surface area (TPSA) is 75.9 Å². The van der Waals surface area contributed by atoms with Crippen LogP contribution in [-0.2, 0) is 9.53 Å². The van der Waals surface area contributed by atoms with E-state index in [4.69, 9.17) is 9.84 Å². The third-order valence-corrected chi connectivity index (χ3v) is 5.87. The number of carbonyl (C=O) groups excluding carboxylic acids is 1. The van der Waals surface area contributed by atoms with Crippen LogP contribution in [-0.4, -0.2) is 70.0 Å². The van der Waals surface area contributed by atoms with Gasteiger partial charge in [-0.05, 0) is 37.8 Å². The lowest BCUT2D eigenvalue weighted by atomic mass is 9.97. The van der Waals surface area contributed by atoms with Gasteiger partial charge < -0.3 is 14.5 Å². The van der Waals surface area contributed by atoms with Crippen molar-refractivity contribution in [2.45, 2.75) is 37.6 Å². The standard InChI is InChI=1S/C18H24N6O2/c1-22(18(25)13-6-8-26-9-7-13)14-10-23(11-14)16-5-4-15-19-20-17(12-2-3-12)24(15)21-16/h4-5,12-14H,2-3,6-11H2,1H3. The van der Waals surface area contributed by atoms with Crippen molar-refractivity contribution in [2.75, 3.05) is 38.3 Å². The third-order valence-electron chi connectivity index (χ3n) is 5.87. The van der Waals surface area contributed by atoms with E-state index in [2.05, 4.69) is 15.1 Å². The van der Waals surface area contributed by atoms with Gasteiger partial charge in [-0.15, -0.1) is 15.3 Å². The summed E-state index contributed by atoms with van der Waals surface area (Å²) >= 11 is 0. The number of anilines is 1. The molecule has 0 radical (unpaired) electrons. The van der Waals surface area contributed by atoms with Crippen LogP contribution < -0.4 is 4.90 Å². The van der Waals surface area contributed by atoms with E-state index in [0.717, 1.165) is 43.2 Å². The molecular weight excluding hydrogens is 332 g/mol. The predicted octanol–water partition coefficient (Wildman–Crippen LogP) is 1.08. The minimum atomic E-state index is 0.121. The number of carbonyl (C=O) groups is 1. The molecular formula is C18H24N6O2. The molecule has 1 saturated carbocycles. The Kier molecular flexibility index (Phi) is 3.81. The van der Waals surface area contributed by atoms with Crippen molar-refractivity contribution in [3.05, 3.63) is 18.0 Å². The van der Waals surface area contributed by atoms with Gasteiger partial charge in [0.1, 0.15) is 5.82 Å². The number of amides is 1. The molecule has 2 saturated heterocycles. The van der Waals surface area contributed by atoms with Crippen molar-refractivity contribution in [1.29, 1.82) is 0 Å². The molecule has 0 atom stereocenters. The first-order valence-corrected chi connectivity index (χ1v) is 9.52. The number of likely N-dealkylation sites (N-methyl/N-ethyl adjacent to an activating group) is 1. The lowest BCUT2D eigenvalue weighted by molar-refractivity contribution is -0.139. The molecule has 26 heavy (non-hydrogen) atoms. The van der Waals surface area contributed by atoms with E-state index in [1.54, 1.807) is 0 Å². The van der Waals surface area contributed by atoms with Crippen molar-refractivity contribution in [1.82, 2.24) is 24.7 Å². The fourth-order valence-corrected chi connectivity index (χ4v) is 3.86. The minimum absolute atomic E-state index is 0.121. The Hall–Kier alpha value is -2.22. The van der Waals surface area contributed by atoms with Gasteiger partial charge in [0.2, 0.25) is 5.91 Å². The van der Waals surface area contributed by atoms with Gasteiger partial charge in [-0.25, -0.2) is 0 Å². The first-order chi connectivity index (χ1) is 12.7. The van der Waals surface area contributed by atoms with Crippen LogP contribution in [0, 0.1) is 5.92 Å². The van der Waals surface area contributed by atoms with Crippen LogP contribution >= 0.6 is 0 Å². The average Bonchev–Trinajstić information content (AvgIpc) is 3.40. The summed E-state index contributed by atoms with van der Waals surface area (Å²) in [4.78, 5) is 16.8. The van der Waals surface area contributed by atoms with Gasteiger partial charge in [-0.3, -0.25) is 4.79 Å². The lowest BCUT2D eigenvalue weighted by Gasteiger charge is -2.45. The normalized spacial score (nSPS) is 21.8. The van der Waals surface area contributed by atoms with E-state index in [9.17, 15) is 4.79 Å². The van der Waals surface area contributed by atoms with Gasteiger partial charge in [-0.2, -0.15) is 4.52 Å². The molecule has 2 aliphatic heterocycles. The quantitative estimate of drug-likeness (QED) is 0.816. The molecule has 5 rings (SSSR count). The molecule has 1 amide bonds. The zero-order chi connectivity index (χ0) is 17.7. The monoisotopic (exact) mass is 356 g/mol. The van der Waals surface area contributed by atoms with E-state index in [-0.39, 0.29) is 17.9 Å². The summed E-state index contributed by atoms with van der Waals surface area (Å²) in [5.41, 5.74) is 0.805. The van der Waals surface area contributed by atoms with Crippen LogP contribution in [0.3, 0.4) is 0 Å². The maximum atomic E-state index is 12.7. The van der Waals surface area contributed by atoms with Crippen LogP contribution in [0.15, 0.2) is 12.1 Å². The minimum Gasteiger partial charge on any atom is -0.381 e. The van der Waals surface area contributed by atoms with Gasteiger partial charge in [0.05, 0.1) is 6.04 Å². The highest BCUT2D eigenvalue weighted by Gasteiger charge is 2.36. The highest BCUT2D eigenvalue weighted by atomic mass is 16.5. The number of hydrogen-bond donors (Lipinski definition) is 0. The number of ether oxygens (including phenoxy) is 1. The summed E-state index contributed by atoms with van der Waals surface area (Å²) in [5, 5.41) is 13.2. The van der Waals surface area contributed by atoms with Crippen LogP contribution in [0.4, 0.5) is 5.82 Å². The van der Waals surface area contributed by atoms with Gasteiger partial charge in [0.15, 0.2) is 11.5 Å². The molecule has 8 nitrogen and oxygen atoms in total. The van der Waals surface area contributed by atoms with Crippen molar-refractivity contribution >= 4 is 17.4 Å². The van der Waals surface area contributed by atoms with Crippen molar-refractivity contribution in [3.63, 3.8) is 0 Å². The van der Waals surface area contributed by atoms with Gasteiger partial charge in [0, 0.05) is 45.2 Å². The molecule has 1 aliphatic carbocycles. The molecule has 0 unspecified atom stereocenters. The molecule has 4 heterocycles. The smallest absolute Gasteiger partial charge is 0.225 e. The summed E-state index contributed by atoms with van der Waals surface area (Å²) in [6, 6.07) is 4.23. The van der Waals surface area contributed by atoms with Crippen molar-refractivity contribution in [3.8, 4) is 0 Å². The Bertz CT molecular complexity index is 820. The number of nitrogens with zero attached hydrogens (tertiary/aromatic N) is 6. The van der Waals surface area contributed by atoms with E-state index in [1.807, 2.05) is 28.6 Å². The van der Waals surface area contributed by atoms with E-state index >= 15 is 0 Å². The van der Waals surface area contributed by atoms with Gasteiger partial charge in [-0.1, -0.05) is 0 Å². The molecule has 0 N–H and O–H groups in total. The molecule has 0 spiro atoms. The first kappa shape index (κ1) is 16.0. The number of aromatic nitrogens is 4. The summed E-state index contributed by atoms with van der Waals surface area (Å²) in [5.74, 6) is 2.81. The Morgan fingerprint density at radius 2 is 1.92 bits per heavy atom. The van der Waals surface area contributed by atoms with Crippen LogP contribution in [0.5, 0.6) is 0 Å². The summed E-state index contributed by atoms with van der Waals surface area (Å²) in [6.45, 7) is 3.05. The van der Waals surface area contributed by atoms with Gasteiger partial charge in [0.25, 0.3) is 0 Å². The highest BCUT2D eigenvalue weighted by Crippen LogP contribution is 2.38. The second kappa shape index (κ2) is 6.19. The summed E-state index contributed by atoms with van der Waals surface area (Å²) < 4.78 is 7.25. The molecule has 2 aromatic heterocycles. The zero-order valence-corrected chi connectivity index (χ0v) is 15.0. The van der Waals surface area contributed by atoms with Crippen LogP contribution in [0.25, 0.3) is 5.65 Å². The number of hydrogen-bond acceptors (Lipinski definition) is 6. The van der Waals surface area contributed by atoms with Gasteiger partial charge >= 0.3 is 0 Å².